The first kappa shape index (κ1) is 14.9. The number of carbonyl (C=O) groups excluding carboxylic acids is 3. The predicted octanol–water partition coefficient (Wildman–Crippen LogP) is -0.214. The van der Waals surface area contributed by atoms with Gasteiger partial charge in [0.15, 0.2) is 0 Å². The molecule has 1 aromatic heterocycles. The zero-order valence-electron chi connectivity index (χ0n) is 12.1. The van der Waals surface area contributed by atoms with E-state index >= 15 is 0 Å². The average molecular weight is 291 g/mol. The molecule has 0 spiro atoms. The van der Waals surface area contributed by atoms with Gasteiger partial charge in [0.1, 0.15) is 23.6 Å². The summed E-state index contributed by atoms with van der Waals surface area (Å²) < 4.78 is 0. The molecule has 2 heterocycles. The van der Waals surface area contributed by atoms with Crippen molar-refractivity contribution in [3.8, 4) is 0 Å². The van der Waals surface area contributed by atoms with E-state index in [0.717, 1.165) is 0 Å². The molecule has 112 valence electrons. The maximum atomic E-state index is 12.4. The van der Waals surface area contributed by atoms with Gasteiger partial charge in [-0.1, -0.05) is 0 Å². The standard InChI is InChI=1S/C13H17N5O3/c1-4-14-9-6-15-8(5-16-9)11(20)18-7-10(19)17-12(21)13(18,2)3/h5-6H,4,7H2,1-3H3,(H,14,16)(H,17,19,21). The maximum absolute atomic E-state index is 12.4. The Morgan fingerprint density at radius 2 is 2.10 bits per heavy atom. The van der Waals surface area contributed by atoms with Gasteiger partial charge in [0.25, 0.3) is 11.8 Å². The molecule has 8 nitrogen and oxygen atoms in total. The Morgan fingerprint density at radius 3 is 2.67 bits per heavy atom. The van der Waals surface area contributed by atoms with Crippen LogP contribution in [0.3, 0.4) is 0 Å². The molecule has 0 aromatic carbocycles. The minimum absolute atomic E-state index is 0.0900. The summed E-state index contributed by atoms with van der Waals surface area (Å²) in [6, 6.07) is 0. The molecule has 1 aromatic rings. The monoisotopic (exact) mass is 291 g/mol. The van der Waals surface area contributed by atoms with Gasteiger partial charge in [0, 0.05) is 6.54 Å². The van der Waals surface area contributed by atoms with Crippen molar-refractivity contribution in [2.75, 3.05) is 18.4 Å². The lowest BCUT2D eigenvalue weighted by atomic mass is 9.98. The second-order valence-corrected chi connectivity index (χ2v) is 5.14. The van der Waals surface area contributed by atoms with Gasteiger partial charge in [-0.15, -0.1) is 0 Å². The van der Waals surface area contributed by atoms with E-state index < -0.39 is 23.3 Å². The Morgan fingerprint density at radius 1 is 1.38 bits per heavy atom. The summed E-state index contributed by atoms with van der Waals surface area (Å²) in [7, 11) is 0. The Hall–Kier alpha value is -2.51. The third-order valence-corrected chi connectivity index (χ3v) is 3.26. The number of rotatable bonds is 3. The van der Waals surface area contributed by atoms with Crippen LogP contribution in [0.2, 0.25) is 0 Å². The van der Waals surface area contributed by atoms with Gasteiger partial charge < -0.3 is 10.2 Å². The Bertz CT molecular complexity index is 582. The molecule has 1 aliphatic heterocycles. The normalized spacial score (nSPS) is 17.4. The molecule has 1 aliphatic rings. The van der Waals surface area contributed by atoms with Crippen LogP contribution in [0, 0.1) is 0 Å². The summed E-state index contributed by atoms with van der Waals surface area (Å²) in [6.45, 7) is 5.57. The van der Waals surface area contributed by atoms with Crippen LogP contribution in [0.4, 0.5) is 5.82 Å². The lowest BCUT2D eigenvalue weighted by Crippen LogP contribution is -2.65. The number of hydrogen-bond acceptors (Lipinski definition) is 6. The minimum atomic E-state index is -1.12. The van der Waals surface area contributed by atoms with Gasteiger partial charge in [0.05, 0.1) is 12.4 Å². The van der Waals surface area contributed by atoms with E-state index in [2.05, 4.69) is 20.6 Å². The van der Waals surface area contributed by atoms with Crippen LogP contribution >= 0.6 is 0 Å². The first-order valence-electron chi connectivity index (χ1n) is 6.58. The van der Waals surface area contributed by atoms with Gasteiger partial charge in [-0.3, -0.25) is 19.7 Å². The quantitative estimate of drug-likeness (QED) is 0.746. The molecule has 0 aliphatic carbocycles. The third-order valence-electron chi connectivity index (χ3n) is 3.26. The van der Waals surface area contributed by atoms with Crippen molar-refractivity contribution in [1.29, 1.82) is 0 Å². The SMILES string of the molecule is CCNc1cnc(C(=O)N2CC(=O)NC(=O)C2(C)C)cn1. The minimum Gasteiger partial charge on any atom is -0.369 e. The number of hydrogen-bond donors (Lipinski definition) is 2. The second-order valence-electron chi connectivity index (χ2n) is 5.14. The third kappa shape index (κ3) is 2.83. The van der Waals surface area contributed by atoms with Crippen LogP contribution in [-0.4, -0.2) is 51.2 Å². The second kappa shape index (κ2) is 5.47. The molecule has 1 saturated heterocycles. The van der Waals surface area contributed by atoms with Crippen molar-refractivity contribution in [1.82, 2.24) is 20.2 Å². The zero-order chi connectivity index (χ0) is 15.6. The van der Waals surface area contributed by atoms with E-state index in [1.54, 1.807) is 13.8 Å². The van der Waals surface area contributed by atoms with Crippen molar-refractivity contribution in [2.45, 2.75) is 26.3 Å². The van der Waals surface area contributed by atoms with Gasteiger partial charge in [0.2, 0.25) is 5.91 Å². The van der Waals surface area contributed by atoms with E-state index in [1.807, 2.05) is 6.92 Å². The van der Waals surface area contributed by atoms with Crippen molar-refractivity contribution in [3.63, 3.8) is 0 Å². The van der Waals surface area contributed by atoms with E-state index in [1.165, 1.54) is 17.3 Å². The average Bonchev–Trinajstić information content (AvgIpc) is 2.44. The fraction of sp³-hybridized carbons (Fsp3) is 0.462. The van der Waals surface area contributed by atoms with Crippen LogP contribution in [0.25, 0.3) is 0 Å². The highest BCUT2D eigenvalue weighted by molar-refractivity contribution is 6.08. The predicted molar refractivity (Wildman–Crippen MR) is 74.5 cm³/mol. The molecular formula is C13H17N5O3. The van der Waals surface area contributed by atoms with Crippen molar-refractivity contribution >= 4 is 23.5 Å². The molecule has 2 rings (SSSR count). The molecule has 8 heteroatoms. The van der Waals surface area contributed by atoms with E-state index in [9.17, 15) is 14.4 Å². The Kier molecular flexibility index (Phi) is 3.88. The smallest absolute Gasteiger partial charge is 0.275 e. The lowest BCUT2D eigenvalue weighted by Gasteiger charge is -2.39. The molecular weight excluding hydrogens is 274 g/mol. The summed E-state index contributed by atoms with van der Waals surface area (Å²) >= 11 is 0. The van der Waals surface area contributed by atoms with Crippen LogP contribution < -0.4 is 10.6 Å². The highest BCUT2D eigenvalue weighted by Gasteiger charge is 2.44. The molecule has 21 heavy (non-hydrogen) atoms. The van der Waals surface area contributed by atoms with Gasteiger partial charge in [-0.25, -0.2) is 9.97 Å². The molecule has 0 saturated carbocycles. The van der Waals surface area contributed by atoms with Gasteiger partial charge in [-0.2, -0.15) is 0 Å². The summed E-state index contributed by atoms with van der Waals surface area (Å²) in [4.78, 5) is 45.1. The van der Waals surface area contributed by atoms with Crippen molar-refractivity contribution < 1.29 is 14.4 Å². The lowest BCUT2D eigenvalue weighted by molar-refractivity contribution is -0.143. The first-order valence-corrected chi connectivity index (χ1v) is 6.58. The number of imide groups is 1. The molecule has 0 bridgehead atoms. The summed E-state index contributed by atoms with van der Waals surface area (Å²) in [6.07, 6.45) is 2.77. The van der Waals surface area contributed by atoms with Crippen molar-refractivity contribution in [3.05, 3.63) is 18.1 Å². The van der Waals surface area contributed by atoms with Gasteiger partial charge in [-0.05, 0) is 20.8 Å². The van der Waals surface area contributed by atoms with E-state index in [0.29, 0.717) is 12.4 Å². The number of piperazine rings is 1. The fourth-order valence-corrected chi connectivity index (χ4v) is 1.96. The van der Waals surface area contributed by atoms with Crippen molar-refractivity contribution in [2.24, 2.45) is 0 Å². The number of nitrogens with zero attached hydrogens (tertiary/aromatic N) is 3. The summed E-state index contributed by atoms with van der Waals surface area (Å²) in [5.41, 5.74) is -1.03. The topological polar surface area (TPSA) is 104 Å². The molecule has 0 unspecified atom stereocenters. The molecule has 3 amide bonds. The molecule has 0 atom stereocenters. The number of amides is 3. The van der Waals surface area contributed by atoms with Gasteiger partial charge >= 0.3 is 0 Å². The Labute approximate surface area is 121 Å². The Balaban J connectivity index is 2.25. The van der Waals surface area contributed by atoms with E-state index in [-0.39, 0.29) is 12.2 Å². The van der Waals surface area contributed by atoms with Crippen LogP contribution in [0.15, 0.2) is 12.4 Å². The van der Waals surface area contributed by atoms with Crippen LogP contribution in [0.1, 0.15) is 31.3 Å². The summed E-state index contributed by atoms with van der Waals surface area (Å²) in [5.74, 6) is -0.964. The zero-order valence-corrected chi connectivity index (χ0v) is 12.1. The summed E-state index contributed by atoms with van der Waals surface area (Å²) in [5, 5.41) is 5.18. The first-order chi connectivity index (χ1) is 9.86. The number of anilines is 1. The highest BCUT2D eigenvalue weighted by Crippen LogP contribution is 2.20. The van der Waals surface area contributed by atoms with Crippen LogP contribution in [-0.2, 0) is 9.59 Å². The van der Waals surface area contributed by atoms with Crippen LogP contribution in [0.5, 0.6) is 0 Å². The highest BCUT2D eigenvalue weighted by atomic mass is 16.2. The molecule has 0 radical (unpaired) electrons. The fourth-order valence-electron chi connectivity index (χ4n) is 1.96. The van der Waals surface area contributed by atoms with E-state index in [4.69, 9.17) is 0 Å². The molecule has 1 fully saturated rings. The number of aromatic nitrogens is 2. The number of nitrogens with one attached hydrogen (secondary N) is 2. The maximum Gasteiger partial charge on any atom is 0.275 e. The molecule has 2 N–H and O–H groups in total. The number of carbonyl (C=O) groups is 3. The largest absolute Gasteiger partial charge is 0.369 e.